The summed E-state index contributed by atoms with van der Waals surface area (Å²) in [5.41, 5.74) is 3.24. The average molecular weight is 308 g/mol. The predicted molar refractivity (Wildman–Crippen MR) is 84.6 cm³/mol. The molecule has 0 unspecified atom stereocenters. The third kappa shape index (κ3) is 3.89. The molecule has 0 radical (unpaired) electrons. The minimum Gasteiger partial charge on any atom is -0.436 e. The van der Waals surface area contributed by atoms with Crippen molar-refractivity contribution in [2.75, 3.05) is 0 Å². The fraction of sp³-hybridized carbons (Fsp3) is 0.600. The quantitative estimate of drug-likeness (QED) is 0.938. The van der Waals surface area contributed by atoms with E-state index in [1.54, 1.807) is 0 Å². The molecule has 0 aliphatic carbocycles. The van der Waals surface area contributed by atoms with Gasteiger partial charge in [0.2, 0.25) is 0 Å². The highest BCUT2D eigenvalue weighted by atomic mass is 32.2. The first-order valence-corrected chi connectivity index (χ1v) is 7.88. The van der Waals surface area contributed by atoms with Crippen molar-refractivity contribution in [1.29, 1.82) is 0 Å². The second kappa shape index (κ2) is 5.85. The lowest BCUT2D eigenvalue weighted by molar-refractivity contribution is 0.420. The van der Waals surface area contributed by atoms with E-state index in [-0.39, 0.29) is 5.54 Å². The highest BCUT2D eigenvalue weighted by molar-refractivity contribution is 7.99. The molecule has 0 saturated heterocycles. The number of hydrogen-bond donors (Lipinski definition) is 1. The van der Waals surface area contributed by atoms with Crippen LogP contribution in [0.4, 0.5) is 0 Å². The van der Waals surface area contributed by atoms with Crippen LogP contribution >= 0.6 is 11.8 Å². The van der Waals surface area contributed by atoms with E-state index in [9.17, 15) is 0 Å². The summed E-state index contributed by atoms with van der Waals surface area (Å²) in [5.74, 6) is 0.866. The van der Waals surface area contributed by atoms with Crippen molar-refractivity contribution in [3.05, 3.63) is 22.7 Å². The average Bonchev–Trinajstić information content (AvgIpc) is 2.78. The van der Waals surface area contributed by atoms with Crippen LogP contribution in [0.5, 0.6) is 0 Å². The van der Waals surface area contributed by atoms with Gasteiger partial charge < -0.3 is 9.73 Å². The lowest BCUT2D eigenvalue weighted by Gasteiger charge is -2.20. The zero-order valence-electron chi connectivity index (χ0n) is 13.9. The summed E-state index contributed by atoms with van der Waals surface area (Å²) in [5, 5.41) is 9.79. The maximum Gasteiger partial charge on any atom is 0.262 e. The molecular formula is C15H24N4OS. The van der Waals surface area contributed by atoms with Gasteiger partial charge in [-0.05, 0) is 53.3 Å². The van der Waals surface area contributed by atoms with Gasteiger partial charge >= 0.3 is 0 Å². The Hall–Kier alpha value is -1.27. The van der Waals surface area contributed by atoms with Crippen LogP contribution in [-0.4, -0.2) is 20.3 Å². The Kier molecular flexibility index (Phi) is 4.49. The van der Waals surface area contributed by atoms with Gasteiger partial charge in [0.15, 0.2) is 0 Å². The standard InChI is InChI=1S/C15H24N4OS/c1-9-11(3)20-14(17-9)21-13-12(8-16-15(4,5)6)10(2)18-19(13)7/h16H,8H2,1-7H3. The molecule has 5 nitrogen and oxygen atoms in total. The molecule has 0 saturated carbocycles. The summed E-state index contributed by atoms with van der Waals surface area (Å²) >= 11 is 1.53. The third-order valence-electron chi connectivity index (χ3n) is 3.28. The van der Waals surface area contributed by atoms with Crippen molar-refractivity contribution in [2.24, 2.45) is 7.05 Å². The van der Waals surface area contributed by atoms with E-state index in [2.05, 4.69) is 36.2 Å². The van der Waals surface area contributed by atoms with Gasteiger partial charge in [0, 0.05) is 24.7 Å². The lowest BCUT2D eigenvalue weighted by Crippen LogP contribution is -2.35. The number of aromatic nitrogens is 3. The molecule has 0 spiro atoms. The zero-order chi connectivity index (χ0) is 15.8. The van der Waals surface area contributed by atoms with E-state index in [0.29, 0.717) is 5.22 Å². The summed E-state index contributed by atoms with van der Waals surface area (Å²) in [6, 6.07) is 0. The molecule has 2 aromatic rings. The maximum atomic E-state index is 5.67. The second-order valence-electron chi connectivity index (χ2n) is 6.32. The number of aryl methyl sites for hydroxylation is 4. The Morgan fingerprint density at radius 1 is 1.19 bits per heavy atom. The zero-order valence-corrected chi connectivity index (χ0v) is 14.7. The van der Waals surface area contributed by atoms with Crippen LogP contribution < -0.4 is 5.32 Å². The summed E-state index contributed by atoms with van der Waals surface area (Å²) < 4.78 is 7.57. The molecule has 0 amide bonds. The molecule has 2 aromatic heterocycles. The SMILES string of the molecule is Cc1nc(Sc2c(CNC(C)(C)C)c(C)nn2C)oc1C. The highest BCUT2D eigenvalue weighted by Gasteiger charge is 2.19. The first kappa shape index (κ1) is 16.1. The molecule has 1 N–H and O–H groups in total. The van der Waals surface area contributed by atoms with Gasteiger partial charge in [-0.2, -0.15) is 5.10 Å². The normalized spacial score (nSPS) is 12.1. The van der Waals surface area contributed by atoms with E-state index in [1.807, 2.05) is 32.5 Å². The molecule has 0 atom stereocenters. The van der Waals surface area contributed by atoms with Gasteiger partial charge in [-0.3, -0.25) is 4.68 Å². The molecule has 0 aromatic carbocycles. The molecule has 0 aliphatic rings. The number of nitrogens with one attached hydrogen (secondary N) is 1. The molecule has 2 heterocycles. The van der Waals surface area contributed by atoms with Crippen molar-refractivity contribution in [3.8, 4) is 0 Å². The molecule has 21 heavy (non-hydrogen) atoms. The van der Waals surface area contributed by atoms with Crippen LogP contribution in [0, 0.1) is 20.8 Å². The summed E-state index contributed by atoms with van der Waals surface area (Å²) in [4.78, 5) is 4.44. The number of oxazole rings is 1. The molecule has 2 rings (SSSR count). The number of hydrogen-bond acceptors (Lipinski definition) is 5. The fourth-order valence-electron chi connectivity index (χ4n) is 1.94. The maximum absolute atomic E-state index is 5.67. The molecule has 6 heteroatoms. The van der Waals surface area contributed by atoms with Gasteiger partial charge in [0.25, 0.3) is 5.22 Å². The molecule has 0 bridgehead atoms. The van der Waals surface area contributed by atoms with Crippen LogP contribution in [0.15, 0.2) is 14.7 Å². The molecule has 0 fully saturated rings. The van der Waals surface area contributed by atoms with Crippen LogP contribution in [0.1, 0.15) is 43.5 Å². The van der Waals surface area contributed by atoms with Crippen molar-refractivity contribution in [1.82, 2.24) is 20.1 Å². The van der Waals surface area contributed by atoms with Gasteiger partial charge in [0.05, 0.1) is 11.4 Å². The van der Waals surface area contributed by atoms with Gasteiger partial charge in [0.1, 0.15) is 10.8 Å². The van der Waals surface area contributed by atoms with Crippen LogP contribution in [-0.2, 0) is 13.6 Å². The van der Waals surface area contributed by atoms with Crippen LogP contribution in [0.3, 0.4) is 0 Å². The van der Waals surface area contributed by atoms with Crippen LogP contribution in [0.2, 0.25) is 0 Å². The summed E-state index contributed by atoms with van der Waals surface area (Å²) in [7, 11) is 1.96. The Morgan fingerprint density at radius 3 is 2.38 bits per heavy atom. The summed E-state index contributed by atoms with van der Waals surface area (Å²) in [6.45, 7) is 13.2. The van der Waals surface area contributed by atoms with E-state index in [4.69, 9.17) is 4.42 Å². The largest absolute Gasteiger partial charge is 0.436 e. The smallest absolute Gasteiger partial charge is 0.262 e. The lowest BCUT2D eigenvalue weighted by atomic mass is 10.1. The molecular weight excluding hydrogens is 284 g/mol. The molecule has 0 aliphatic heterocycles. The number of nitrogens with zero attached hydrogens (tertiary/aromatic N) is 3. The fourth-order valence-corrected chi connectivity index (χ4v) is 2.97. The van der Waals surface area contributed by atoms with Gasteiger partial charge in [-0.1, -0.05) is 0 Å². The van der Waals surface area contributed by atoms with Crippen molar-refractivity contribution in [2.45, 2.75) is 63.9 Å². The topological polar surface area (TPSA) is 55.9 Å². The molecule has 116 valence electrons. The van der Waals surface area contributed by atoms with Gasteiger partial charge in [-0.15, -0.1) is 0 Å². The Balaban J connectivity index is 2.26. The van der Waals surface area contributed by atoms with E-state index in [0.717, 1.165) is 28.7 Å². The minimum absolute atomic E-state index is 0.0698. The second-order valence-corrected chi connectivity index (χ2v) is 7.26. The highest BCUT2D eigenvalue weighted by Crippen LogP contribution is 2.32. The Bertz CT molecular complexity index is 617. The van der Waals surface area contributed by atoms with Crippen molar-refractivity contribution in [3.63, 3.8) is 0 Å². The van der Waals surface area contributed by atoms with E-state index >= 15 is 0 Å². The monoisotopic (exact) mass is 308 g/mol. The number of rotatable bonds is 4. The Labute approximate surface area is 130 Å². The van der Waals surface area contributed by atoms with Gasteiger partial charge in [-0.25, -0.2) is 4.98 Å². The van der Waals surface area contributed by atoms with Crippen LogP contribution in [0.25, 0.3) is 0 Å². The van der Waals surface area contributed by atoms with Crippen molar-refractivity contribution >= 4 is 11.8 Å². The predicted octanol–water partition coefficient (Wildman–Crippen LogP) is 3.37. The third-order valence-corrected chi connectivity index (χ3v) is 4.33. The summed E-state index contributed by atoms with van der Waals surface area (Å²) in [6.07, 6.45) is 0. The Morgan fingerprint density at radius 2 is 1.86 bits per heavy atom. The van der Waals surface area contributed by atoms with E-state index in [1.165, 1.54) is 17.3 Å². The van der Waals surface area contributed by atoms with E-state index < -0.39 is 0 Å². The minimum atomic E-state index is 0.0698. The first-order chi connectivity index (χ1) is 9.67. The van der Waals surface area contributed by atoms with Crippen molar-refractivity contribution < 1.29 is 4.42 Å². The first-order valence-electron chi connectivity index (χ1n) is 7.07.